The Morgan fingerprint density at radius 1 is 0.871 bits per heavy atom. The van der Waals surface area contributed by atoms with E-state index in [9.17, 15) is 5.11 Å². The summed E-state index contributed by atoms with van der Waals surface area (Å²) in [6, 6.07) is 18.1. The van der Waals surface area contributed by atoms with E-state index in [0.29, 0.717) is 6.73 Å². The summed E-state index contributed by atoms with van der Waals surface area (Å²) in [5, 5.41) is 11.1. The molecule has 4 nitrogen and oxygen atoms in total. The van der Waals surface area contributed by atoms with Gasteiger partial charge in [0.05, 0.1) is 13.7 Å². The first kappa shape index (κ1) is 25.4. The Balaban J connectivity index is 0.00000341. The van der Waals surface area contributed by atoms with E-state index in [2.05, 4.69) is 28.2 Å². The van der Waals surface area contributed by atoms with Gasteiger partial charge in [-0.2, -0.15) is 4.57 Å². The van der Waals surface area contributed by atoms with E-state index >= 15 is 0 Å². The van der Waals surface area contributed by atoms with E-state index in [1.54, 1.807) is 0 Å². The zero-order chi connectivity index (χ0) is 21.2. The highest BCUT2D eigenvalue weighted by molar-refractivity contribution is 5.72. The first-order valence-corrected chi connectivity index (χ1v) is 11.5. The van der Waals surface area contributed by atoms with Crippen LogP contribution in [0, 0.1) is 0 Å². The Hall–Kier alpha value is -1.88. The molecule has 0 amide bonds. The number of aromatic nitrogens is 2. The quantitative estimate of drug-likeness (QED) is 0.325. The van der Waals surface area contributed by atoms with Crippen LogP contribution in [0.3, 0.4) is 0 Å². The molecule has 0 aliphatic heterocycles. The molecule has 1 aromatic heterocycles. The number of para-hydroxylation sites is 2. The third-order valence-corrected chi connectivity index (χ3v) is 5.88. The topological polar surface area (TPSA) is 38.3 Å². The second-order valence-electron chi connectivity index (χ2n) is 8.16. The summed E-state index contributed by atoms with van der Waals surface area (Å²) in [4.78, 5) is 0. The van der Waals surface area contributed by atoms with Crippen LogP contribution < -0.4 is 17.0 Å². The average molecular weight is 445 g/mol. The van der Waals surface area contributed by atoms with Crippen molar-refractivity contribution in [2.45, 2.75) is 71.1 Å². The Morgan fingerprint density at radius 3 is 2.19 bits per heavy atom. The lowest BCUT2D eigenvalue weighted by molar-refractivity contribution is -0.657. The molecule has 1 N–H and O–H groups in total. The van der Waals surface area contributed by atoms with Crippen LogP contribution in [0.25, 0.3) is 11.0 Å². The molecule has 1 unspecified atom stereocenters. The molecule has 170 valence electrons. The Kier molecular flexibility index (Phi) is 11.1. The number of benzene rings is 2. The molecule has 2 aromatic carbocycles. The number of ether oxygens (including phenoxy) is 1. The molecule has 0 fully saturated rings. The number of imidazole rings is 1. The Morgan fingerprint density at radius 2 is 1.48 bits per heavy atom. The molecule has 31 heavy (non-hydrogen) atoms. The molecule has 0 spiro atoms. The first-order chi connectivity index (χ1) is 14.7. The maximum atomic E-state index is 11.1. The lowest BCUT2D eigenvalue weighted by Crippen LogP contribution is -3.00. The summed E-state index contributed by atoms with van der Waals surface area (Å²) in [7, 11) is 2.01. The van der Waals surface area contributed by atoms with Crippen LogP contribution in [0.5, 0.6) is 0 Å². The molecule has 0 bridgehead atoms. The number of nitrogens with zero attached hydrogens (tertiary/aromatic N) is 2. The number of hydrogen-bond acceptors (Lipinski definition) is 2. The predicted octanol–water partition coefficient (Wildman–Crippen LogP) is 2.67. The number of rotatable bonds is 13. The smallest absolute Gasteiger partial charge is 0.293 e. The fraction of sp³-hybridized carbons (Fsp3) is 0.500. The van der Waals surface area contributed by atoms with Gasteiger partial charge in [0, 0.05) is 0 Å². The normalized spacial score (nSPS) is 12.1. The zero-order valence-electron chi connectivity index (χ0n) is 19.0. The molecule has 0 saturated heterocycles. The van der Waals surface area contributed by atoms with Gasteiger partial charge in [0.2, 0.25) is 0 Å². The second-order valence-corrected chi connectivity index (χ2v) is 8.16. The van der Waals surface area contributed by atoms with E-state index in [4.69, 9.17) is 4.74 Å². The fourth-order valence-corrected chi connectivity index (χ4v) is 4.15. The van der Waals surface area contributed by atoms with Gasteiger partial charge >= 0.3 is 0 Å². The van der Waals surface area contributed by atoms with Crippen molar-refractivity contribution in [2.75, 3.05) is 6.61 Å². The zero-order valence-corrected chi connectivity index (χ0v) is 19.7. The van der Waals surface area contributed by atoms with E-state index in [0.717, 1.165) is 35.4 Å². The first-order valence-electron chi connectivity index (χ1n) is 11.5. The lowest BCUT2D eigenvalue weighted by atomic mass is 10.1. The number of hydrogen-bond donors (Lipinski definition) is 1. The van der Waals surface area contributed by atoms with Crippen molar-refractivity contribution >= 4 is 11.0 Å². The van der Waals surface area contributed by atoms with Gasteiger partial charge in [-0.15, -0.1) is 0 Å². The highest BCUT2D eigenvalue weighted by atomic mass is 35.5. The van der Waals surface area contributed by atoms with Gasteiger partial charge in [-0.3, -0.25) is 0 Å². The maximum Gasteiger partial charge on any atom is 0.293 e. The number of aliphatic hydroxyl groups excluding tert-OH is 1. The van der Waals surface area contributed by atoms with Gasteiger partial charge in [0.25, 0.3) is 5.82 Å². The number of aryl methyl sites for hydroxylation is 1. The van der Waals surface area contributed by atoms with Gasteiger partial charge in [0.1, 0.15) is 0 Å². The number of aliphatic hydroxyl groups is 1. The van der Waals surface area contributed by atoms with Crippen molar-refractivity contribution < 1.29 is 26.8 Å². The van der Waals surface area contributed by atoms with Crippen molar-refractivity contribution in [1.82, 2.24) is 4.57 Å². The predicted molar refractivity (Wildman–Crippen MR) is 122 cm³/mol. The van der Waals surface area contributed by atoms with Crippen LogP contribution in [0.4, 0.5) is 0 Å². The van der Waals surface area contributed by atoms with Crippen LogP contribution in [0.15, 0.2) is 54.6 Å². The minimum Gasteiger partial charge on any atom is -1.00 e. The monoisotopic (exact) mass is 444 g/mol. The molecule has 3 rings (SSSR count). The molecular formula is C26H37ClN2O2. The van der Waals surface area contributed by atoms with E-state index < -0.39 is 6.10 Å². The van der Waals surface area contributed by atoms with Gasteiger partial charge in [-0.1, -0.05) is 94.3 Å². The lowest BCUT2D eigenvalue weighted by Gasteiger charge is -2.11. The molecule has 3 aromatic rings. The van der Waals surface area contributed by atoms with Gasteiger partial charge in [-0.25, -0.2) is 4.57 Å². The number of fused-ring (bicyclic) bond motifs is 1. The molecule has 1 heterocycles. The van der Waals surface area contributed by atoms with Crippen LogP contribution in [0.1, 0.15) is 75.8 Å². The molecule has 0 aliphatic carbocycles. The number of unbranched alkanes of at least 4 members (excludes halogenated alkanes) is 7. The molecule has 0 radical (unpaired) electrons. The van der Waals surface area contributed by atoms with Crippen molar-refractivity contribution in [3.63, 3.8) is 0 Å². The highest BCUT2D eigenvalue weighted by Crippen LogP contribution is 2.24. The minimum absolute atomic E-state index is 0. The highest BCUT2D eigenvalue weighted by Gasteiger charge is 2.29. The molecule has 0 aliphatic rings. The van der Waals surface area contributed by atoms with Crippen molar-refractivity contribution in [2.24, 2.45) is 7.05 Å². The summed E-state index contributed by atoms with van der Waals surface area (Å²) >= 11 is 0. The summed E-state index contributed by atoms with van der Waals surface area (Å²) in [6.45, 7) is 3.47. The third-order valence-electron chi connectivity index (χ3n) is 5.88. The number of halogens is 1. The van der Waals surface area contributed by atoms with E-state index in [1.807, 2.05) is 49.5 Å². The summed E-state index contributed by atoms with van der Waals surface area (Å²) in [5.74, 6) is 0.846. The average Bonchev–Trinajstić information content (AvgIpc) is 3.07. The van der Waals surface area contributed by atoms with E-state index in [1.165, 1.54) is 44.9 Å². The van der Waals surface area contributed by atoms with Crippen LogP contribution >= 0.6 is 0 Å². The van der Waals surface area contributed by atoms with Gasteiger partial charge < -0.3 is 22.3 Å². The fourth-order valence-electron chi connectivity index (χ4n) is 4.15. The molecular weight excluding hydrogens is 408 g/mol. The van der Waals surface area contributed by atoms with Crippen molar-refractivity contribution in [3.8, 4) is 0 Å². The van der Waals surface area contributed by atoms with Crippen molar-refractivity contribution in [1.29, 1.82) is 0 Å². The summed E-state index contributed by atoms with van der Waals surface area (Å²) in [6.07, 6.45) is 9.66. The SMILES string of the molecule is CCCCCCCCCCOCn1c(C(O)c2ccccc2)[n+](C)c2ccccc21.[Cl-]. The molecule has 5 heteroatoms. The maximum absolute atomic E-state index is 11.1. The molecule has 0 saturated carbocycles. The Bertz CT molecular complexity index is 895. The van der Waals surface area contributed by atoms with Crippen molar-refractivity contribution in [3.05, 3.63) is 66.0 Å². The van der Waals surface area contributed by atoms with Gasteiger partial charge in [0.15, 0.2) is 23.9 Å². The molecule has 1 atom stereocenters. The summed E-state index contributed by atoms with van der Waals surface area (Å²) < 4.78 is 10.2. The van der Waals surface area contributed by atoms with E-state index in [-0.39, 0.29) is 12.4 Å². The second kappa shape index (κ2) is 13.5. The largest absolute Gasteiger partial charge is 1.00 e. The third kappa shape index (κ3) is 6.80. The Labute approximate surface area is 193 Å². The standard InChI is InChI=1S/C26H37N2O2.ClH/c1-3-4-5-6-7-8-9-15-20-30-21-28-24-19-14-13-18-23(24)27(2)26(28)25(29)22-16-11-10-12-17-22;/h10-14,16-19,25,29H,3-9,15,20-21H2,1-2H3;1H/q+1;/p-1. The van der Waals surface area contributed by atoms with Crippen LogP contribution in [-0.2, 0) is 18.5 Å². The summed E-state index contributed by atoms with van der Waals surface area (Å²) in [5.41, 5.74) is 3.07. The van der Waals surface area contributed by atoms with Gasteiger partial charge in [-0.05, 0) is 24.1 Å². The van der Waals surface area contributed by atoms with Crippen LogP contribution in [-0.4, -0.2) is 16.3 Å². The minimum atomic E-state index is -0.699. The van der Waals surface area contributed by atoms with Crippen LogP contribution in [0.2, 0.25) is 0 Å².